The van der Waals surface area contributed by atoms with Gasteiger partial charge >= 0.3 is 6.03 Å². The number of methoxy groups -OCH3 is 2. The van der Waals surface area contributed by atoms with Gasteiger partial charge in [-0.3, -0.25) is 0 Å². The number of ether oxygens (including phenoxy) is 2. The Bertz CT molecular complexity index is 812. The van der Waals surface area contributed by atoms with E-state index >= 15 is 0 Å². The molecular weight excluding hydrogens is 376 g/mol. The van der Waals surface area contributed by atoms with Gasteiger partial charge in [-0.25, -0.2) is 4.79 Å². The number of anilines is 1. The molecule has 1 unspecified atom stereocenters. The van der Waals surface area contributed by atoms with E-state index in [0.29, 0.717) is 23.7 Å². The SMILES string of the molecule is COc1cccc(NC(=O)NCC2(c3ccc(C(C)O)s3)CCCC2)c1OC. The van der Waals surface area contributed by atoms with Gasteiger partial charge in [0.2, 0.25) is 0 Å². The van der Waals surface area contributed by atoms with Crippen molar-refractivity contribution >= 4 is 23.1 Å². The van der Waals surface area contributed by atoms with Gasteiger partial charge in [-0.1, -0.05) is 18.9 Å². The van der Waals surface area contributed by atoms with Crippen molar-refractivity contribution in [2.24, 2.45) is 0 Å². The maximum absolute atomic E-state index is 12.6. The zero-order valence-electron chi connectivity index (χ0n) is 16.6. The maximum atomic E-state index is 12.6. The molecule has 0 radical (unpaired) electrons. The first kappa shape index (κ1) is 20.5. The minimum Gasteiger partial charge on any atom is -0.493 e. The highest BCUT2D eigenvalue weighted by Crippen LogP contribution is 2.44. The summed E-state index contributed by atoms with van der Waals surface area (Å²) in [4.78, 5) is 14.8. The van der Waals surface area contributed by atoms with Crippen LogP contribution >= 0.6 is 11.3 Å². The average molecular weight is 405 g/mol. The monoisotopic (exact) mass is 404 g/mol. The molecule has 0 aliphatic heterocycles. The van der Waals surface area contributed by atoms with Crippen LogP contribution in [0.1, 0.15) is 48.5 Å². The zero-order valence-corrected chi connectivity index (χ0v) is 17.4. The third-order valence-electron chi connectivity index (χ3n) is 5.36. The van der Waals surface area contributed by atoms with Gasteiger partial charge in [0.05, 0.1) is 26.0 Å². The molecule has 28 heavy (non-hydrogen) atoms. The topological polar surface area (TPSA) is 79.8 Å². The Hall–Kier alpha value is -2.25. The summed E-state index contributed by atoms with van der Waals surface area (Å²) in [5, 5.41) is 15.7. The highest BCUT2D eigenvalue weighted by atomic mass is 32.1. The summed E-state index contributed by atoms with van der Waals surface area (Å²) in [6.45, 7) is 2.34. The Balaban J connectivity index is 1.70. The molecule has 0 bridgehead atoms. The first-order valence-electron chi connectivity index (χ1n) is 9.53. The minimum atomic E-state index is -0.464. The number of aliphatic hydroxyl groups is 1. The summed E-state index contributed by atoms with van der Waals surface area (Å²) in [6, 6.07) is 9.19. The Morgan fingerprint density at radius 3 is 2.57 bits per heavy atom. The lowest BCUT2D eigenvalue weighted by molar-refractivity contribution is 0.203. The molecule has 2 amide bonds. The number of urea groups is 1. The number of aliphatic hydroxyl groups excluding tert-OH is 1. The van der Waals surface area contributed by atoms with Gasteiger partial charge in [-0.2, -0.15) is 0 Å². The van der Waals surface area contributed by atoms with Crippen LogP contribution in [0.25, 0.3) is 0 Å². The van der Waals surface area contributed by atoms with Gasteiger partial charge in [0.25, 0.3) is 0 Å². The van der Waals surface area contributed by atoms with Gasteiger partial charge in [0.15, 0.2) is 11.5 Å². The molecule has 1 aromatic carbocycles. The molecule has 2 aromatic rings. The molecule has 1 aliphatic rings. The first-order valence-corrected chi connectivity index (χ1v) is 10.3. The molecule has 0 saturated heterocycles. The van der Waals surface area contributed by atoms with Crippen molar-refractivity contribution in [3.8, 4) is 11.5 Å². The molecule has 1 fully saturated rings. The van der Waals surface area contributed by atoms with E-state index in [1.807, 2.05) is 6.07 Å². The lowest BCUT2D eigenvalue weighted by Gasteiger charge is -2.28. The van der Waals surface area contributed by atoms with E-state index in [-0.39, 0.29) is 11.4 Å². The summed E-state index contributed by atoms with van der Waals surface area (Å²) in [7, 11) is 3.11. The van der Waals surface area contributed by atoms with Gasteiger partial charge in [-0.05, 0) is 44.0 Å². The number of para-hydroxylation sites is 1. The Kier molecular flexibility index (Phi) is 6.46. The molecule has 1 atom stereocenters. The fourth-order valence-corrected chi connectivity index (χ4v) is 5.02. The summed E-state index contributed by atoms with van der Waals surface area (Å²) in [5.74, 6) is 1.06. The summed E-state index contributed by atoms with van der Waals surface area (Å²) < 4.78 is 10.7. The second-order valence-corrected chi connectivity index (χ2v) is 8.33. The van der Waals surface area contributed by atoms with Crippen molar-refractivity contribution in [2.45, 2.75) is 44.1 Å². The van der Waals surface area contributed by atoms with Crippen LogP contribution in [0.3, 0.4) is 0 Å². The van der Waals surface area contributed by atoms with Crippen molar-refractivity contribution in [3.05, 3.63) is 40.1 Å². The van der Waals surface area contributed by atoms with E-state index in [1.165, 1.54) is 4.88 Å². The summed E-state index contributed by atoms with van der Waals surface area (Å²) in [5.41, 5.74) is 0.500. The molecule has 6 nitrogen and oxygen atoms in total. The van der Waals surface area contributed by atoms with Crippen LogP contribution in [-0.4, -0.2) is 31.9 Å². The van der Waals surface area contributed by atoms with E-state index in [4.69, 9.17) is 9.47 Å². The van der Waals surface area contributed by atoms with Gasteiger partial charge in [0, 0.05) is 21.7 Å². The van der Waals surface area contributed by atoms with Gasteiger partial charge < -0.3 is 25.2 Å². The van der Waals surface area contributed by atoms with Crippen molar-refractivity contribution in [1.29, 1.82) is 0 Å². The average Bonchev–Trinajstić information content (AvgIpc) is 3.36. The molecule has 1 heterocycles. The van der Waals surface area contributed by atoms with Crippen molar-refractivity contribution in [2.75, 3.05) is 26.1 Å². The van der Waals surface area contributed by atoms with Crippen LogP contribution in [0, 0.1) is 0 Å². The molecule has 7 heteroatoms. The summed E-state index contributed by atoms with van der Waals surface area (Å²) in [6.07, 6.45) is 3.91. The minimum absolute atomic E-state index is 0.0619. The normalized spacial score (nSPS) is 16.4. The predicted octanol–water partition coefficient (Wildman–Crippen LogP) is 4.45. The molecule has 3 rings (SSSR count). The fraction of sp³-hybridized carbons (Fsp3) is 0.476. The molecule has 0 spiro atoms. The van der Waals surface area contributed by atoms with Gasteiger partial charge in [-0.15, -0.1) is 11.3 Å². The van der Waals surface area contributed by atoms with Crippen LogP contribution in [0.4, 0.5) is 10.5 Å². The number of rotatable bonds is 7. The fourth-order valence-electron chi connectivity index (χ4n) is 3.83. The number of carbonyl (C=O) groups excluding carboxylic acids is 1. The number of amides is 2. The van der Waals surface area contributed by atoms with Crippen LogP contribution in [0.2, 0.25) is 0 Å². The van der Waals surface area contributed by atoms with Crippen LogP contribution < -0.4 is 20.1 Å². The third-order valence-corrected chi connectivity index (χ3v) is 6.86. The third kappa shape index (κ3) is 4.25. The van der Waals surface area contributed by atoms with Crippen molar-refractivity contribution in [1.82, 2.24) is 5.32 Å². The standard InChI is InChI=1S/C21H28N2O4S/c1-14(24)17-9-10-18(28-17)21(11-4-5-12-21)13-22-20(25)23-15-7-6-8-16(26-2)19(15)27-3/h6-10,14,24H,4-5,11-13H2,1-3H3,(H2,22,23,25). The number of carbonyl (C=O) groups is 1. The number of benzene rings is 1. The zero-order chi connectivity index (χ0) is 20.1. The van der Waals surface area contributed by atoms with E-state index in [2.05, 4.69) is 16.7 Å². The maximum Gasteiger partial charge on any atom is 0.319 e. The van der Waals surface area contributed by atoms with Gasteiger partial charge in [0.1, 0.15) is 0 Å². The van der Waals surface area contributed by atoms with E-state index in [9.17, 15) is 9.90 Å². The molecular formula is C21H28N2O4S. The lowest BCUT2D eigenvalue weighted by atomic mass is 9.84. The molecule has 152 valence electrons. The second kappa shape index (κ2) is 8.84. The van der Waals surface area contributed by atoms with E-state index in [0.717, 1.165) is 30.6 Å². The summed E-state index contributed by atoms with van der Waals surface area (Å²) >= 11 is 1.65. The van der Waals surface area contributed by atoms with E-state index in [1.54, 1.807) is 50.7 Å². The number of hydrogen-bond donors (Lipinski definition) is 3. The lowest BCUT2D eigenvalue weighted by Crippen LogP contribution is -2.40. The first-order chi connectivity index (χ1) is 13.5. The Morgan fingerprint density at radius 2 is 1.96 bits per heavy atom. The highest BCUT2D eigenvalue weighted by Gasteiger charge is 2.37. The number of hydrogen-bond acceptors (Lipinski definition) is 5. The molecule has 1 aliphatic carbocycles. The Labute approximate surface area is 169 Å². The molecule has 1 saturated carbocycles. The second-order valence-electron chi connectivity index (χ2n) is 7.21. The predicted molar refractivity (Wildman–Crippen MR) is 112 cm³/mol. The number of thiophene rings is 1. The van der Waals surface area contributed by atoms with Crippen LogP contribution in [0.5, 0.6) is 11.5 Å². The molecule has 1 aromatic heterocycles. The highest BCUT2D eigenvalue weighted by molar-refractivity contribution is 7.12. The quantitative estimate of drug-likeness (QED) is 0.637. The largest absolute Gasteiger partial charge is 0.493 e. The number of nitrogens with one attached hydrogen (secondary N) is 2. The van der Waals surface area contributed by atoms with Crippen LogP contribution in [0.15, 0.2) is 30.3 Å². The van der Waals surface area contributed by atoms with Crippen molar-refractivity contribution < 1.29 is 19.4 Å². The smallest absolute Gasteiger partial charge is 0.319 e. The van der Waals surface area contributed by atoms with Crippen LogP contribution in [-0.2, 0) is 5.41 Å². The Morgan fingerprint density at radius 1 is 1.21 bits per heavy atom. The molecule has 3 N–H and O–H groups in total. The van der Waals surface area contributed by atoms with Crippen molar-refractivity contribution in [3.63, 3.8) is 0 Å². The van der Waals surface area contributed by atoms with E-state index < -0.39 is 6.10 Å².